The second-order valence-electron chi connectivity index (χ2n) is 5.05. The van der Waals surface area contributed by atoms with Crippen LogP contribution in [0.3, 0.4) is 0 Å². The molecule has 0 saturated carbocycles. The molecule has 7 heteroatoms. The number of tetrazole rings is 1. The summed E-state index contributed by atoms with van der Waals surface area (Å²) in [5.74, 6) is 0.380. The van der Waals surface area contributed by atoms with Gasteiger partial charge in [-0.05, 0) is 16.0 Å². The van der Waals surface area contributed by atoms with Crippen LogP contribution in [-0.4, -0.2) is 36.8 Å². The van der Waals surface area contributed by atoms with Crippen molar-refractivity contribution in [2.45, 2.75) is 6.04 Å². The molecule has 1 aliphatic heterocycles. The van der Waals surface area contributed by atoms with Gasteiger partial charge >= 0.3 is 0 Å². The Morgan fingerprint density at radius 1 is 0.957 bits per heavy atom. The van der Waals surface area contributed by atoms with Crippen molar-refractivity contribution in [1.82, 2.24) is 20.2 Å². The van der Waals surface area contributed by atoms with Gasteiger partial charge in [-0.15, -0.1) is 0 Å². The largest absolute Gasteiger partial charge is 0.411 e. The molecule has 4 rings (SSSR count). The second-order valence-corrected chi connectivity index (χ2v) is 5.05. The SMILES string of the molecule is O/N=C1\C(c2ccccc2)=Nc2nnnn2[C@H]1c1ccccc1. The fourth-order valence-corrected chi connectivity index (χ4v) is 2.68. The topological polar surface area (TPSA) is 88.6 Å². The molecule has 1 aliphatic rings. The second kappa shape index (κ2) is 5.45. The monoisotopic (exact) mass is 304 g/mol. The van der Waals surface area contributed by atoms with E-state index in [9.17, 15) is 5.21 Å². The number of aromatic nitrogens is 4. The van der Waals surface area contributed by atoms with E-state index in [1.54, 1.807) is 4.68 Å². The number of benzene rings is 2. The number of hydrogen-bond acceptors (Lipinski definition) is 6. The highest BCUT2D eigenvalue weighted by Crippen LogP contribution is 2.29. The Kier molecular flexibility index (Phi) is 3.16. The average molecular weight is 304 g/mol. The van der Waals surface area contributed by atoms with Gasteiger partial charge in [0, 0.05) is 5.56 Å². The van der Waals surface area contributed by atoms with Crippen molar-refractivity contribution in [2.75, 3.05) is 0 Å². The molecule has 3 aromatic rings. The number of hydrogen-bond donors (Lipinski definition) is 1. The zero-order valence-corrected chi connectivity index (χ0v) is 12.0. The van der Waals surface area contributed by atoms with Crippen molar-refractivity contribution in [3.63, 3.8) is 0 Å². The third-order valence-corrected chi connectivity index (χ3v) is 3.70. The van der Waals surface area contributed by atoms with Crippen LogP contribution in [0.1, 0.15) is 17.2 Å². The molecule has 7 nitrogen and oxygen atoms in total. The lowest BCUT2D eigenvalue weighted by atomic mass is 9.94. The standard InChI is InChI=1S/C16H12N6O/c23-19-14-13(11-7-3-1-4-8-11)17-16-18-20-21-22(16)15(14)12-9-5-2-6-10-12/h1-10,15,23H/b19-14+/t15-/m0/s1. The Balaban J connectivity index is 1.93. The maximum Gasteiger partial charge on any atom is 0.270 e. The van der Waals surface area contributed by atoms with E-state index in [0.29, 0.717) is 17.4 Å². The normalized spacial score (nSPS) is 18.5. The minimum absolute atomic E-state index is 0.380. The number of fused-ring (bicyclic) bond motifs is 1. The molecule has 0 aliphatic carbocycles. The fourth-order valence-electron chi connectivity index (χ4n) is 2.68. The summed E-state index contributed by atoms with van der Waals surface area (Å²) in [6, 6.07) is 18.8. The molecule has 1 N–H and O–H groups in total. The van der Waals surface area contributed by atoms with E-state index in [1.165, 1.54) is 0 Å². The zero-order valence-electron chi connectivity index (χ0n) is 12.0. The average Bonchev–Trinajstić information content (AvgIpc) is 3.09. The quantitative estimate of drug-likeness (QED) is 0.581. The molecule has 112 valence electrons. The lowest BCUT2D eigenvalue weighted by Gasteiger charge is -2.23. The molecule has 0 spiro atoms. The summed E-state index contributed by atoms with van der Waals surface area (Å²) >= 11 is 0. The van der Waals surface area contributed by atoms with Gasteiger partial charge < -0.3 is 5.21 Å². The van der Waals surface area contributed by atoms with Gasteiger partial charge in [-0.3, -0.25) is 0 Å². The number of aliphatic imine (C=N–C) groups is 1. The van der Waals surface area contributed by atoms with E-state index in [-0.39, 0.29) is 0 Å². The summed E-state index contributed by atoms with van der Waals surface area (Å²) < 4.78 is 1.55. The molecule has 2 aromatic carbocycles. The Labute approximate surface area is 131 Å². The molecule has 0 unspecified atom stereocenters. The molecule has 1 aromatic heterocycles. The summed E-state index contributed by atoms with van der Waals surface area (Å²) in [5, 5.41) is 24.8. The van der Waals surface area contributed by atoms with Crippen LogP contribution in [0, 0.1) is 0 Å². The van der Waals surface area contributed by atoms with E-state index in [2.05, 4.69) is 25.7 Å². The van der Waals surface area contributed by atoms with Crippen LogP contribution in [0.2, 0.25) is 0 Å². The van der Waals surface area contributed by atoms with Crippen LogP contribution in [0.4, 0.5) is 5.95 Å². The van der Waals surface area contributed by atoms with Gasteiger partial charge in [0.05, 0.1) is 0 Å². The highest BCUT2D eigenvalue weighted by atomic mass is 16.4. The molecular formula is C16H12N6O. The van der Waals surface area contributed by atoms with Gasteiger partial charge in [0.1, 0.15) is 17.5 Å². The van der Waals surface area contributed by atoms with Crippen molar-refractivity contribution in [3.8, 4) is 0 Å². The molecule has 0 amide bonds. The van der Waals surface area contributed by atoms with Crippen LogP contribution in [0.15, 0.2) is 70.8 Å². The summed E-state index contributed by atoms with van der Waals surface area (Å²) in [6.07, 6.45) is 0. The van der Waals surface area contributed by atoms with Gasteiger partial charge in [-0.1, -0.05) is 70.9 Å². The number of rotatable bonds is 2. The van der Waals surface area contributed by atoms with Crippen molar-refractivity contribution in [3.05, 3.63) is 71.8 Å². The molecule has 23 heavy (non-hydrogen) atoms. The van der Waals surface area contributed by atoms with Crippen LogP contribution < -0.4 is 0 Å². The highest BCUT2D eigenvalue weighted by molar-refractivity contribution is 6.50. The van der Waals surface area contributed by atoms with Gasteiger partial charge in [-0.25, -0.2) is 4.99 Å². The van der Waals surface area contributed by atoms with Crippen LogP contribution in [0.5, 0.6) is 0 Å². The van der Waals surface area contributed by atoms with Crippen LogP contribution in [0.25, 0.3) is 0 Å². The Morgan fingerprint density at radius 3 is 2.35 bits per heavy atom. The van der Waals surface area contributed by atoms with Gasteiger partial charge in [0.25, 0.3) is 5.95 Å². The van der Waals surface area contributed by atoms with Gasteiger partial charge in [-0.2, -0.15) is 4.68 Å². The predicted octanol–water partition coefficient (Wildman–Crippen LogP) is 2.23. The number of oxime groups is 1. The molecular weight excluding hydrogens is 292 g/mol. The first-order chi connectivity index (χ1) is 11.4. The molecule has 0 saturated heterocycles. The summed E-state index contributed by atoms with van der Waals surface area (Å²) in [5.41, 5.74) is 2.72. The lowest BCUT2D eigenvalue weighted by molar-refractivity contribution is 0.316. The Hall–Kier alpha value is -3.35. The molecule has 1 atom stereocenters. The van der Waals surface area contributed by atoms with Crippen LogP contribution >= 0.6 is 0 Å². The summed E-state index contributed by atoms with van der Waals surface area (Å²) in [6.45, 7) is 0. The molecule has 2 heterocycles. The van der Waals surface area contributed by atoms with Crippen molar-refractivity contribution < 1.29 is 5.21 Å². The van der Waals surface area contributed by atoms with E-state index in [4.69, 9.17) is 0 Å². The minimum Gasteiger partial charge on any atom is -0.411 e. The highest BCUT2D eigenvalue weighted by Gasteiger charge is 2.33. The zero-order chi connectivity index (χ0) is 15.6. The smallest absolute Gasteiger partial charge is 0.270 e. The van der Waals surface area contributed by atoms with E-state index >= 15 is 0 Å². The van der Waals surface area contributed by atoms with E-state index < -0.39 is 6.04 Å². The maximum absolute atomic E-state index is 9.64. The Bertz CT molecular complexity index is 885. The summed E-state index contributed by atoms with van der Waals surface area (Å²) in [4.78, 5) is 4.46. The Morgan fingerprint density at radius 2 is 1.65 bits per heavy atom. The first-order valence-electron chi connectivity index (χ1n) is 7.07. The first-order valence-corrected chi connectivity index (χ1v) is 7.07. The van der Waals surface area contributed by atoms with Crippen molar-refractivity contribution in [1.29, 1.82) is 0 Å². The maximum atomic E-state index is 9.64. The van der Waals surface area contributed by atoms with Gasteiger partial charge in [0.2, 0.25) is 0 Å². The van der Waals surface area contributed by atoms with Gasteiger partial charge in [0.15, 0.2) is 0 Å². The fraction of sp³-hybridized carbons (Fsp3) is 0.0625. The third-order valence-electron chi connectivity index (χ3n) is 3.70. The predicted molar refractivity (Wildman–Crippen MR) is 84.3 cm³/mol. The molecule has 0 bridgehead atoms. The third kappa shape index (κ3) is 2.18. The van der Waals surface area contributed by atoms with E-state index in [1.807, 2.05) is 60.7 Å². The molecule has 0 radical (unpaired) electrons. The van der Waals surface area contributed by atoms with Crippen molar-refractivity contribution >= 4 is 17.4 Å². The number of nitrogens with zero attached hydrogens (tertiary/aromatic N) is 6. The summed E-state index contributed by atoms with van der Waals surface area (Å²) in [7, 11) is 0. The first kappa shape index (κ1) is 13.3. The van der Waals surface area contributed by atoms with Crippen molar-refractivity contribution in [2.24, 2.45) is 10.1 Å². The minimum atomic E-state index is -0.432. The lowest BCUT2D eigenvalue weighted by Crippen LogP contribution is -2.32. The molecule has 0 fully saturated rings. The van der Waals surface area contributed by atoms with Crippen LogP contribution in [-0.2, 0) is 0 Å². The van der Waals surface area contributed by atoms with E-state index in [0.717, 1.165) is 11.1 Å².